The van der Waals surface area contributed by atoms with Gasteiger partial charge in [0.2, 0.25) is 0 Å². The molecule has 4 heterocycles. The molecule has 0 amide bonds. The van der Waals surface area contributed by atoms with Crippen LogP contribution in [0.2, 0.25) is 5.02 Å². The zero-order valence-corrected chi connectivity index (χ0v) is 20.2. The Balaban J connectivity index is 0.00000167. The normalized spacial score (nSPS) is 14.9. The summed E-state index contributed by atoms with van der Waals surface area (Å²) in [7, 11) is 1.00. The Bertz CT molecular complexity index is 1240. The molecule has 0 unspecified atom stereocenters. The maximum atomic E-state index is 13.1. The molecule has 1 saturated heterocycles. The second kappa shape index (κ2) is 12.1. The molecule has 0 spiro atoms. The second-order valence-corrected chi connectivity index (χ2v) is 8.05. The summed E-state index contributed by atoms with van der Waals surface area (Å²) in [6, 6.07) is 4.74. The number of aliphatic imine (C=N–C) groups is 1. The van der Waals surface area contributed by atoms with Gasteiger partial charge in [-0.25, -0.2) is 8.91 Å². The average Bonchev–Trinajstić information content (AvgIpc) is 3.26. The van der Waals surface area contributed by atoms with Crippen LogP contribution in [0.5, 0.6) is 5.75 Å². The van der Waals surface area contributed by atoms with Crippen molar-refractivity contribution in [2.45, 2.75) is 32.4 Å². The summed E-state index contributed by atoms with van der Waals surface area (Å²) in [6.45, 7) is 3.33. The maximum Gasteiger partial charge on any atom is 0.179 e. The van der Waals surface area contributed by atoms with E-state index in [1.807, 2.05) is 6.92 Å². The minimum absolute atomic E-state index is 0.0921. The number of halogens is 2. The van der Waals surface area contributed by atoms with Gasteiger partial charge in [0.1, 0.15) is 29.4 Å². The highest BCUT2D eigenvalue weighted by molar-refractivity contribution is 6.47. The van der Waals surface area contributed by atoms with Crippen LogP contribution < -0.4 is 10.6 Å². The topological polar surface area (TPSA) is 137 Å². The molecule has 0 saturated carbocycles. The Hall–Kier alpha value is -3.75. The first-order valence-corrected chi connectivity index (χ1v) is 11.2. The van der Waals surface area contributed by atoms with Gasteiger partial charge < -0.3 is 20.6 Å². The molecule has 10 nitrogen and oxygen atoms in total. The monoisotopic (exact) mass is 500 g/mol. The van der Waals surface area contributed by atoms with Gasteiger partial charge in [0, 0.05) is 32.0 Å². The summed E-state index contributed by atoms with van der Waals surface area (Å²) >= 11 is 6.33. The second-order valence-electron chi connectivity index (χ2n) is 7.65. The number of aliphatic hydroxyl groups is 1. The Morgan fingerprint density at radius 2 is 2.09 bits per heavy atom. The number of pyridine rings is 2. The standard InChI is InChI=1S/C22H22ClFN8O.CH4O/c1-14(29-17-4-6-31(13-25)7-5-17)21(30-26)15-8-20(22-19(23)10-28-32(22)11-15)33-12-18-3-2-16(24)9-27-18;1-2/h2-3,8-11,17H,4-7,12,26H2,1H3;2H,1H3/b29-14?,30-21+;. The predicted molar refractivity (Wildman–Crippen MR) is 131 cm³/mol. The maximum absolute atomic E-state index is 13.1. The number of aliphatic hydroxyl groups excluding tert-OH is 1. The smallest absolute Gasteiger partial charge is 0.179 e. The van der Waals surface area contributed by atoms with E-state index in [2.05, 4.69) is 21.4 Å². The minimum atomic E-state index is -0.418. The lowest BCUT2D eigenvalue weighted by Gasteiger charge is -2.26. The van der Waals surface area contributed by atoms with E-state index in [0.29, 0.717) is 52.1 Å². The minimum Gasteiger partial charge on any atom is -0.485 e. The molecule has 184 valence electrons. The molecule has 3 aromatic heterocycles. The number of rotatable bonds is 6. The van der Waals surface area contributed by atoms with Crippen molar-refractivity contribution in [3.8, 4) is 11.9 Å². The van der Waals surface area contributed by atoms with E-state index in [0.717, 1.165) is 26.1 Å². The van der Waals surface area contributed by atoms with Gasteiger partial charge in [0.25, 0.3) is 0 Å². The fourth-order valence-electron chi connectivity index (χ4n) is 3.74. The fourth-order valence-corrected chi connectivity index (χ4v) is 3.96. The summed E-state index contributed by atoms with van der Waals surface area (Å²) in [5, 5.41) is 24.7. The number of likely N-dealkylation sites (tertiary alicyclic amines) is 1. The number of hydrogen-bond acceptors (Lipinski definition) is 9. The first-order chi connectivity index (χ1) is 17.0. The summed E-state index contributed by atoms with van der Waals surface area (Å²) in [6.07, 6.45) is 8.16. The summed E-state index contributed by atoms with van der Waals surface area (Å²) in [5.41, 5.74) is 2.97. The van der Waals surface area contributed by atoms with Crippen molar-refractivity contribution in [3.63, 3.8) is 0 Å². The molecule has 1 fully saturated rings. The molecule has 3 aromatic rings. The van der Waals surface area contributed by atoms with E-state index in [-0.39, 0.29) is 12.6 Å². The van der Waals surface area contributed by atoms with Crippen LogP contribution in [0.15, 0.2) is 46.9 Å². The Morgan fingerprint density at radius 3 is 2.71 bits per heavy atom. The third kappa shape index (κ3) is 6.23. The largest absolute Gasteiger partial charge is 0.485 e. The fraction of sp³-hybridized carbons (Fsp3) is 0.348. The van der Waals surface area contributed by atoms with Crippen molar-refractivity contribution in [1.29, 1.82) is 5.26 Å². The van der Waals surface area contributed by atoms with Crippen molar-refractivity contribution in [1.82, 2.24) is 19.5 Å². The molecule has 0 radical (unpaired) electrons. The van der Waals surface area contributed by atoms with Gasteiger partial charge in [0.05, 0.1) is 34.9 Å². The van der Waals surface area contributed by atoms with E-state index in [1.54, 1.807) is 27.7 Å². The van der Waals surface area contributed by atoms with Crippen molar-refractivity contribution in [2.75, 3.05) is 20.2 Å². The number of nitriles is 1. The number of fused-ring (bicyclic) bond motifs is 1. The highest BCUT2D eigenvalue weighted by Gasteiger charge is 2.20. The van der Waals surface area contributed by atoms with Crippen LogP contribution in [0.25, 0.3) is 5.52 Å². The SMILES string of the molecule is CC(=NC1CCN(C#N)CC1)/C(=N\N)c1cc(OCc2ccc(F)cn2)c2c(Cl)cnn2c1.CO. The van der Waals surface area contributed by atoms with Crippen molar-refractivity contribution in [2.24, 2.45) is 15.9 Å². The summed E-state index contributed by atoms with van der Waals surface area (Å²) in [4.78, 5) is 10.5. The van der Waals surface area contributed by atoms with Gasteiger partial charge in [0.15, 0.2) is 6.19 Å². The van der Waals surface area contributed by atoms with Gasteiger partial charge in [-0.15, -0.1) is 0 Å². The highest BCUT2D eigenvalue weighted by Crippen LogP contribution is 2.29. The molecule has 0 aromatic carbocycles. The first-order valence-electron chi connectivity index (χ1n) is 10.8. The van der Waals surface area contributed by atoms with E-state index < -0.39 is 5.82 Å². The van der Waals surface area contributed by atoms with Crippen LogP contribution in [0, 0.1) is 17.3 Å². The lowest BCUT2D eigenvalue weighted by molar-refractivity contribution is 0.297. The molecule has 12 heteroatoms. The third-order valence-electron chi connectivity index (χ3n) is 5.42. The van der Waals surface area contributed by atoms with Gasteiger partial charge in [-0.1, -0.05) is 11.6 Å². The lowest BCUT2D eigenvalue weighted by atomic mass is 10.0. The van der Waals surface area contributed by atoms with E-state index in [9.17, 15) is 4.39 Å². The Morgan fingerprint density at radius 1 is 1.34 bits per heavy atom. The highest BCUT2D eigenvalue weighted by atomic mass is 35.5. The molecule has 35 heavy (non-hydrogen) atoms. The number of aromatic nitrogens is 3. The van der Waals surface area contributed by atoms with Crippen LogP contribution in [-0.4, -0.2) is 62.3 Å². The van der Waals surface area contributed by atoms with E-state index >= 15 is 0 Å². The third-order valence-corrected chi connectivity index (χ3v) is 5.70. The van der Waals surface area contributed by atoms with Crippen LogP contribution >= 0.6 is 11.6 Å². The number of nitrogens with two attached hydrogens (primary N) is 1. The van der Waals surface area contributed by atoms with E-state index in [4.69, 9.17) is 37.5 Å². The number of nitrogens with zero attached hydrogens (tertiary/aromatic N) is 7. The molecule has 0 bridgehead atoms. The Labute approximate surface area is 207 Å². The van der Waals surface area contributed by atoms with Crippen LogP contribution in [0.4, 0.5) is 4.39 Å². The van der Waals surface area contributed by atoms with E-state index in [1.165, 1.54) is 12.3 Å². The van der Waals surface area contributed by atoms with Gasteiger partial charge in [-0.05, 0) is 38.0 Å². The molecule has 1 aliphatic rings. The molecule has 0 atom stereocenters. The van der Waals surface area contributed by atoms with Crippen LogP contribution in [-0.2, 0) is 6.61 Å². The molecule has 1 aliphatic heterocycles. The predicted octanol–water partition coefficient (Wildman–Crippen LogP) is 2.78. The van der Waals surface area contributed by atoms with Crippen molar-refractivity contribution < 1.29 is 14.2 Å². The van der Waals surface area contributed by atoms with Gasteiger partial charge >= 0.3 is 0 Å². The quantitative estimate of drug-likeness (QED) is 0.230. The number of ether oxygens (including phenoxy) is 1. The van der Waals surface area contributed by atoms with Crippen LogP contribution in [0.1, 0.15) is 31.0 Å². The molecular formula is C23H26ClFN8O2. The molecule has 3 N–H and O–H groups in total. The zero-order chi connectivity index (χ0) is 25.4. The van der Waals surface area contributed by atoms with Gasteiger partial charge in [-0.3, -0.25) is 9.98 Å². The Kier molecular flexibility index (Phi) is 8.94. The lowest BCUT2D eigenvalue weighted by Crippen LogP contribution is -2.32. The molecule has 0 aliphatic carbocycles. The molecule has 4 rings (SSSR count). The van der Waals surface area contributed by atoms with Crippen molar-refractivity contribution in [3.05, 3.63) is 58.9 Å². The van der Waals surface area contributed by atoms with Gasteiger partial charge in [-0.2, -0.15) is 15.5 Å². The van der Waals surface area contributed by atoms with Crippen LogP contribution in [0.3, 0.4) is 0 Å². The number of hydrazone groups is 1. The average molecular weight is 501 g/mol. The summed E-state index contributed by atoms with van der Waals surface area (Å²) < 4.78 is 20.7. The molecular weight excluding hydrogens is 475 g/mol. The van der Waals surface area contributed by atoms with Crippen molar-refractivity contribution >= 4 is 28.5 Å². The summed E-state index contributed by atoms with van der Waals surface area (Å²) in [5.74, 6) is 5.78. The first kappa shape index (κ1) is 25.9. The zero-order valence-electron chi connectivity index (χ0n) is 19.4. The number of piperidine rings is 1. The number of hydrogen-bond donors (Lipinski definition) is 2.